The highest BCUT2D eigenvalue weighted by atomic mass is 79.9. The lowest BCUT2D eigenvalue weighted by Gasteiger charge is -2.18. The highest BCUT2D eigenvalue weighted by molar-refractivity contribution is 9.10. The maximum Gasteiger partial charge on any atom is 0.225 e. The lowest BCUT2D eigenvalue weighted by atomic mass is 9.90. The molecule has 0 aliphatic carbocycles. The first-order valence-electron chi connectivity index (χ1n) is 8.18. The van der Waals surface area contributed by atoms with Crippen LogP contribution in [0.1, 0.15) is 28.2 Å². The molecule has 2 N–H and O–H groups in total. The van der Waals surface area contributed by atoms with E-state index >= 15 is 0 Å². The zero-order valence-corrected chi connectivity index (χ0v) is 15.9. The molecule has 1 saturated heterocycles. The number of nitrogens with zero attached hydrogens (tertiary/aromatic N) is 2. The molecule has 1 fully saturated rings. The van der Waals surface area contributed by atoms with Crippen molar-refractivity contribution in [2.75, 3.05) is 13.1 Å². The van der Waals surface area contributed by atoms with Crippen molar-refractivity contribution in [3.05, 3.63) is 51.3 Å². The molecule has 0 spiro atoms. The minimum atomic E-state index is -0.0507. The first-order valence-corrected chi connectivity index (χ1v) is 8.97. The Hall–Kier alpha value is -1.66. The third kappa shape index (κ3) is 3.54. The highest BCUT2D eigenvalue weighted by Crippen LogP contribution is 2.28. The molecule has 0 unspecified atom stereocenters. The summed E-state index contributed by atoms with van der Waals surface area (Å²) < 4.78 is 2.86. The van der Waals surface area contributed by atoms with Gasteiger partial charge >= 0.3 is 0 Å². The van der Waals surface area contributed by atoms with Gasteiger partial charge in [0.1, 0.15) is 0 Å². The summed E-state index contributed by atoms with van der Waals surface area (Å²) in [6.45, 7) is 6.26. The Balaban J connectivity index is 1.69. The number of carbonyl (C=O) groups is 1. The second-order valence-corrected chi connectivity index (χ2v) is 7.47. The van der Waals surface area contributed by atoms with Crippen LogP contribution in [0, 0.1) is 19.8 Å². The van der Waals surface area contributed by atoms with E-state index in [-0.39, 0.29) is 17.7 Å². The quantitative estimate of drug-likeness (QED) is 0.842. The molecule has 2 aromatic rings. The van der Waals surface area contributed by atoms with Crippen molar-refractivity contribution in [1.82, 2.24) is 20.4 Å². The van der Waals surface area contributed by atoms with E-state index in [0.29, 0.717) is 13.1 Å². The predicted octanol–water partition coefficient (Wildman–Crippen LogP) is 2.42. The monoisotopic (exact) mass is 390 g/mol. The Kier molecular flexibility index (Phi) is 5.06. The lowest BCUT2D eigenvalue weighted by molar-refractivity contribution is -0.125. The normalized spacial score (nSPS) is 20.3. The van der Waals surface area contributed by atoms with Crippen LogP contribution in [-0.2, 0) is 18.4 Å². The van der Waals surface area contributed by atoms with E-state index in [1.165, 1.54) is 16.7 Å². The zero-order valence-electron chi connectivity index (χ0n) is 14.3. The molecule has 1 aromatic heterocycles. The molecule has 1 aromatic carbocycles. The molecule has 0 saturated carbocycles. The van der Waals surface area contributed by atoms with E-state index in [1.54, 1.807) is 4.68 Å². The molecule has 1 amide bonds. The van der Waals surface area contributed by atoms with Crippen LogP contribution >= 0.6 is 15.9 Å². The molecule has 3 rings (SSSR count). The molecule has 2 atom stereocenters. The SMILES string of the molecule is Cc1cc(Br)cc(C)c1CNC(=O)[C@H]1CNC[C@@H]1c1cnn(C)c1. The number of nitrogens with one attached hydrogen (secondary N) is 2. The molecule has 1 aliphatic rings. The summed E-state index contributed by atoms with van der Waals surface area (Å²) in [7, 11) is 1.90. The van der Waals surface area contributed by atoms with E-state index < -0.39 is 0 Å². The van der Waals surface area contributed by atoms with Crippen molar-refractivity contribution in [2.24, 2.45) is 13.0 Å². The number of hydrogen-bond donors (Lipinski definition) is 2. The van der Waals surface area contributed by atoms with Crippen LogP contribution in [0.2, 0.25) is 0 Å². The van der Waals surface area contributed by atoms with Gasteiger partial charge < -0.3 is 10.6 Å². The fraction of sp³-hybridized carbons (Fsp3) is 0.444. The van der Waals surface area contributed by atoms with Crippen LogP contribution in [0.15, 0.2) is 29.0 Å². The number of halogens is 1. The third-order valence-corrected chi connectivity index (χ3v) is 5.26. The summed E-state index contributed by atoms with van der Waals surface area (Å²) >= 11 is 3.51. The first kappa shape index (κ1) is 17.2. The number of hydrogen-bond acceptors (Lipinski definition) is 3. The summed E-state index contributed by atoms with van der Waals surface area (Å²) in [5.41, 5.74) is 4.69. The van der Waals surface area contributed by atoms with Crippen LogP contribution < -0.4 is 10.6 Å². The van der Waals surface area contributed by atoms with Gasteiger partial charge in [0, 0.05) is 43.3 Å². The van der Waals surface area contributed by atoms with E-state index in [2.05, 4.69) is 57.6 Å². The van der Waals surface area contributed by atoms with Crippen LogP contribution in [0.5, 0.6) is 0 Å². The van der Waals surface area contributed by atoms with Gasteiger partial charge in [-0.3, -0.25) is 9.48 Å². The Labute approximate surface area is 151 Å². The number of carbonyl (C=O) groups excluding carboxylic acids is 1. The van der Waals surface area contributed by atoms with Gasteiger partial charge in [-0.15, -0.1) is 0 Å². The summed E-state index contributed by atoms with van der Waals surface area (Å²) in [5, 5.41) is 10.7. The number of aryl methyl sites for hydroxylation is 3. The van der Waals surface area contributed by atoms with Crippen LogP contribution in [0.4, 0.5) is 0 Å². The molecule has 0 radical (unpaired) electrons. The first-order chi connectivity index (χ1) is 11.5. The van der Waals surface area contributed by atoms with Crippen molar-refractivity contribution in [2.45, 2.75) is 26.3 Å². The van der Waals surface area contributed by atoms with Crippen LogP contribution in [0.3, 0.4) is 0 Å². The highest BCUT2D eigenvalue weighted by Gasteiger charge is 2.34. The van der Waals surface area contributed by atoms with Crippen molar-refractivity contribution in [3.8, 4) is 0 Å². The average Bonchev–Trinajstić information content (AvgIpc) is 3.14. The number of aromatic nitrogens is 2. The Morgan fingerprint density at radius 3 is 2.71 bits per heavy atom. The summed E-state index contributed by atoms with van der Waals surface area (Å²) in [6, 6.07) is 4.17. The second-order valence-electron chi connectivity index (χ2n) is 6.55. The second kappa shape index (κ2) is 7.07. The molecule has 5 nitrogen and oxygen atoms in total. The number of rotatable bonds is 4. The average molecular weight is 391 g/mol. The van der Waals surface area contributed by atoms with E-state index in [1.807, 2.05) is 19.4 Å². The maximum absolute atomic E-state index is 12.7. The smallest absolute Gasteiger partial charge is 0.225 e. The molecule has 128 valence electrons. The molecular weight excluding hydrogens is 368 g/mol. The Morgan fingerprint density at radius 1 is 1.38 bits per heavy atom. The van der Waals surface area contributed by atoms with Gasteiger partial charge in [-0.1, -0.05) is 15.9 Å². The van der Waals surface area contributed by atoms with Crippen LogP contribution in [-0.4, -0.2) is 28.8 Å². The molecule has 6 heteroatoms. The van der Waals surface area contributed by atoms with Crippen LogP contribution in [0.25, 0.3) is 0 Å². The van der Waals surface area contributed by atoms with Crippen molar-refractivity contribution < 1.29 is 4.79 Å². The fourth-order valence-electron chi connectivity index (χ4n) is 3.46. The molecule has 1 aliphatic heterocycles. The topological polar surface area (TPSA) is 59.0 Å². The van der Waals surface area contributed by atoms with E-state index in [9.17, 15) is 4.79 Å². The Bertz CT molecular complexity index is 732. The summed E-state index contributed by atoms with van der Waals surface area (Å²) in [5.74, 6) is 0.242. The third-order valence-electron chi connectivity index (χ3n) is 4.80. The van der Waals surface area contributed by atoms with Gasteiger partial charge in [-0.05, 0) is 48.2 Å². The molecule has 2 heterocycles. The standard InChI is InChI=1S/C18H23BrN4O/c1-11-4-14(19)5-12(2)15(11)9-21-18(24)17-8-20-7-16(17)13-6-22-23(3)10-13/h4-6,10,16-17,20H,7-9H2,1-3H3,(H,21,24)/t16-,17+/m1/s1. The molecule has 0 bridgehead atoms. The minimum Gasteiger partial charge on any atom is -0.352 e. The van der Waals surface area contributed by atoms with Gasteiger partial charge in [0.15, 0.2) is 0 Å². The summed E-state index contributed by atoms with van der Waals surface area (Å²) in [6.07, 6.45) is 3.86. The molecular formula is C18H23BrN4O. The van der Waals surface area contributed by atoms with Gasteiger partial charge in [0.25, 0.3) is 0 Å². The van der Waals surface area contributed by atoms with Crippen molar-refractivity contribution in [3.63, 3.8) is 0 Å². The minimum absolute atomic E-state index is 0.0507. The van der Waals surface area contributed by atoms with E-state index in [4.69, 9.17) is 0 Å². The van der Waals surface area contributed by atoms with Gasteiger partial charge in [0.05, 0.1) is 12.1 Å². The Morgan fingerprint density at radius 2 is 2.08 bits per heavy atom. The van der Waals surface area contributed by atoms with E-state index in [0.717, 1.165) is 16.6 Å². The van der Waals surface area contributed by atoms with Gasteiger partial charge in [-0.2, -0.15) is 5.10 Å². The number of amides is 1. The largest absolute Gasteiger partial charge is 0.352 e. The number of benzene rings is 1. The van der Waals surface area contributed by atoms with Crippen molar-refractivity contribution >= 4 is 21.8 Å². The molecule has 24 heavy (non-hydrogen) atoms. The predicted molar refractivity (Wildman–Crippen MR) is 97.8 cm³/mol. The zero-order chi connectivity index (χ0) is 17.3. The lowest BCUT2D eigenvalue weighted by Crippen LogP contribution is -2.34. The maximum atomic E-state index is 12.7. The fourth-order valence-corrected chi connectivity index (χ4v) is 4.15. The van der Waals surface area contributed by atoms with Gasteiger partial charge in [0.2, 0.25) is 5.91 Å². The van der Waals surface area contributed by atoms with Gasteiger partial charge in [-0.25, -0.2) is 0 Å². The summed E-state index contributed by atoms with van der Waals surface area (Å²) in [4.78, 5) is 12.7. The van der Waals surface area contributed by atoms with Crippen molar-refractivity contribution in [1.29, 1.82) is 0 Å².